The first-order valence-corrected chi connectivity index (χ1v) is 6.60. The molecule has 0 amide bonds. The topological polar surface area (TPSA) is 39.1 Å². The third kappa shape index (κ3) is 3.32. The number of rotatable bonds is 7. The third-order valence-electron chi connectivity index (χ3n) is 3.58. The predicted molar refractivity (Wildman–Crippen MR) is 75.2 cm³/mol. The summed E-state index contributed by atoms with van der Waals surface area (Å²) in [6.07, 6.45) is 0.797. The number of benzene rings is 1. The van der Waals surface area contributed by atoms with Crippen molar-refractivity contribution < 1.29 is 0 Å². The highest BCUT2D eigenvalue weighted by molar-refractivity contribution is 5.31. The van der Waals surface area contributed by atoms with Crippen LogP contribution in [0.15, 0.2) is 30.3 Å². The van der Waals surface area contributed by atoms with Gasteiger partial charge < -0.3 is 4.90 Å². The normalized spacial score (nSPS) is 14.2. The second-order valence-corrected chi connectivity index (χ2v) is 4.41. The summed E-state index contributed by atoms with van der Waals surface area (Å²) in [7, 11) is 1.86. The third-order valence-corrected chi connectivity index (χ3v) is 3.58. The maximum absolute atomic E-state index is 9.56. The zero-order chi connectivity index (χ0) is 13.4. The van der Waals surface area contributed by atoms with Crippen LogP contribution in [0.3, 0.4) is 0 Å². The Labute approximate surface area is 110 Å². The number of nitriles is 1. The molecule has 0 spiro atoms. The molecule has 98 valence electrons. The zero-order valence-electron chi connectivity index (χ0n) is 11.6. The first-order chi connectivity index (χ1) is 8.72. The summed E-state index contributed by atoms with van der Waals surface area (Å²) in [6, 6.07) is 12.4. The molecule has 0 bridgehead atoms. The molecule has 1 atom stereocenters. The molecule has 0 heterocycles. The van der Waals surface area contributed by atoms with Crippen LogP contribution in [0.4, 0.5) is 0 Å². The molecule has 0 saturated heterocycles. The largest absolute Gasteiger partial charge is 0.304 e. The van der Waals surface area contributed by atoms with Gasteiger partial charge >= 0.3 is 0 Å². The van der Waals surface area contributed by atoms with Crippen LogP contribution in [-0.2, 0) is 5.54 Å². The monoisotopic (exact) mass is 245 g/mol. The summed E-state index contributed by atoms with van der Waals surface area (Å²) in [4.78, 5) is 2.34. The lowest BCUT2D eigenvalue weighted by Crippen LogP contribution is -2.42. The van der Waals surface area contributed by atoms with Gasteiger partial charge in [-0.3, -0.25) is 5.32 Å². The summed E-state index contributed by atoms with van der Waals surface area (Å²) in [6.45, 7) is 7.28. The quantitative estimate of drug-likeness (QED) is 0.801. The van der Waals surface area contributed by atoms with Gasteiger partial charge in [0, 0.05) is 6.54 Å². The predicted octanol–water partition coefficient (Wildman–Crippen LogP) is 2.36. The van der Waals surface area contributed by atoms with Crippen LogP contribution in [0.1, 0.15) is 25.8 Å². The Hall–Kier alpha value is -1.37. The van der Waals surface area contributed by atoms with Crippen molar-refractivity contribution in [3.8, 4) is 6.07 Å². The number of hydrogen-bond acceptors (Lipinski definition) is 3. The number of hydrogen-bond donors (Lipinski definition) is 1. The van der Waals surface area contributed by atoms with Crippen LogP contribution in [0, 0.1) is 11.3 Å². The molecule has 0 radical (unpaired) electrons. The molecule has 0 aliphatic rings. The van der Waals surface area contributed by atoms with Crippen LogP contribution in [0.5, 0.6) is 0 Å². The molecule has 3 nitrogen and oxygen atoms in total. The minimum Gasteiger partial charge on any atom is -0.304 e. The van der Waals surface area contributed by atoms with Crippen molar-refractivity contribution >= 4 is 0 Å². The smallest absolute Gasteiger partial charge is 0.133 e. The molecule has 1 rings (SSSR count). The fourth-order valence-electron chi connectivity index (χ4n) is 2.18. The molecule has 0 saturated carbocycles. The minimum absolute atomic E-state index is 0.580. The molecule has 1 aromatic rings. The first kappa shape index (κ1) is 14.7. The van der Waals surface area contributed by atoms with Crippen LogP contribution in [-0.4, -0.2) is 31.6 Å². The summed E-state index contributed by atoms with van der Waals surface area (Å²) in [5.41, 5.74) is 0.464. The molecule has 1 N–H and O–H groups in total. The minimum atomic E-state index is -0.580. The van der Waals surface area contributed by atoms with Gasteiger partial charge in [0.2, 0.25) is 0 Å². The maximum Gasteiger partial charge on any atom is 0.133 e. The van der Waals surface area contributed by atoms with E-state index in [1.54, 1.807) is 0 Å². The average Bonchev–Trinajstić information content (AvgIpc) is 2.45. The molecule has 1 unspecified atom stereocenters. The summed E-state index contributed by atoms with van der Waals surface area (Å²) in [5.74, 6) is 0. The van der Waals surface area contributed by atoms with Crippen molar-refractivity contribution in [2.45, 2.75) is 25.8 Å². The van der Waals surface area contributed by atoms with Gasteiger partial charge in [-0.05, 0) is 32.1 Å². The number of nitrogens with zero attached hydrogens (tertiary/aromatic N) is 2. The molecule has 1 aromatic carbocycles. The van der Waals surface area contributed by atoms with Crippen LogP contribution in [0.2, 0.25) is 0 Å². The number of nitrogens with one attached hydrogen (secondary N) is 1. The van der Waals surface area contributed by atoms with Crippen molar-refractivity contribution in [3.05, 3.63) is 35.9 Å². The molecule has 0 aliphatic carbocycles. The van der Waals surface area contributed by atoms with E-state index in [1.807, 2.05) is 37.4 Å². The van der Waals surface area contributed by atoms with E-state index < -0.39 is 5.54 Å². The maximum atomic E-state index is 9.56. The highest BCUT2D eigenvalue weighted by Gasteiger charge is 2.30. The van der Waals surface area contributed by atoms with E-state index in [1.165, 1.54) is 0 Å². The highest BCUT2D eigenvalue weighted by Crippen LogP contribution is 2.24. The molecular weight excluding hydrogens is 222 g/mol. The van der Waals surface area contributed by atoms with Crippen molar-refractivity contribution in [1.82, 2.24) is 10.2 Å². The summed E-state index contributed by atoms with van der Waals surface area (Å²) < 4.78 is 0. The fraction of sp³-hybridized carbons (Fsp3) is 0.533. The lowest BCUT2D eigenvalue weighted by atomic mass is 9.88. The van der Waals surface area contributed by atoms with Crippen LogP contribution in [0.25, 0.3) is 0 Å². The van der Waals surface area contributed by atoms with Crippen LogP contribution < -0.4 is 5.32 Å². The van der Waals surface area contributed by atoms with Gasteiger partial charge in [-0.2, -0.15) is 5.26 Å². The van der Waals surface area contributed by atoms with Crippen molar-refractivity contribution in [2.24, 2.45) is 0 Å². The van der Waals surface area contributed by atoms with E-state index in [0.29, 0.717) is 0 Å². The Balaban J connectivity index is 2.85. The molecule has 3 heteroatoms. The molecule has 0 fully saturated rings. The Morgan fingerprint density at radius 1 is 1.22 bits per heavy atom. The average molecular weight is 245 g/mol. The van der Waals surface area contributed by atoms with Gasteiger partial charge in [-0.25, -0.2) is 0 Å². The van der Waals surface area contributed by atoms with E-state index in [2.05, 4.69) is 30.1 Å². The molecule has 0 aromatic heterocycles. The first-order valence-electron chi connectivity index (χ1n) is 6.60. The molecule has 0 aliphatic heterocycles. The Kier molecular flexibility index (Phi) is 5.84. The summed E-state index contributed by atoms with van der Waals surface area (Å²) in [5, 5.41) is 12.8. The SMILES string of the molecule is CCN(CC)CCC(C#N)(NC)c1ccccc1. The molecular formula is C15H23N3. The van der Waals surface area contributed by atoms with Gasteiger partial charge in [-0.15, -0.1) is 0 Å². The van der Waals surface area contributed by atoms with E-state index >= 15 is 0 Å². The van der Waals surface area contributed by atoms with Gasteiger partial charge in [0.1, 0.15) is 5.54 Å². The van der Waals surface area contributed by atoms with Gasteiger partial charge in [0.05, 0.1) is 6.07 Å². The second-order valence-electron chi connectivity index (χ2n) is 4.41. The van der Waals surface area contributed by atoms with Crippen molar-refractivity contribution in [2.75, 3.05) is 26.7 Å². The van der Waals surface area contributed by atoms with E-state index in [9.17, 15) is 5.26 Å². The van der Waals surface area contributed by atoms with Gasteiger partial charge in [0.25, 0.3) is 0 Å². The Morgan fingerprint density at radius 3 is 2.28 bits per heavy atom. The Morgan fingerprint density at radius 2 is 1.83 bits per heavy atom. The lowest BCUT2D eigenvalue weighted by molar-refractivity contribution is 0.265. The summed E-state index contributed by atoms with van der Waals surface area (Å²) >= 11 is 0. The van der Waals surface area contributed by atoms with E-state index in [0.717, 1.165) is 31.6 Å². The van der Waals surface area contributed by atoms with Gasteiger partial charge in [-0.1, -0.05) is 44.2 Å². The standard InChI is InChI=1S/C15H23N3/c1-4-18(5-2)12-11-15(13-16,17-3)14-9-7-6-8-10-14/h6-10,17H,4-5,11-12H2,1-3H3. The van der Waals surface area contributed by atoms with E-state index in [4.69, 9.17) is 0 Å². The second kappa shape index (κ2) is 7.15. The Bertz CT molecular complexity index is 378. The lowest BCUT2D eigenvalue weighted by Gasteiger charge is -2.29. The van der Waals surface area contributed by atoms with Crippen molar-refractivity contribution in [3.63, 3.8) is 0 Å². The van der Waals surface area contributed by atoms with Crippen molar-refractivity contribution in [1.29, 1.82) is 5.26 Å². The fourth-order valence-corrected chi connectivity index (χ4v) is 2.18. The highest BCUT2D eigenvalue weighted by atomic mass is 15.1. The van der Waals surface area contributed by atoms with Crippen LogP contribution >= 0.6 is 0 Å². The van der Waals surface area contributed by atoms with E-state index in [-0.39, 0.29) is 0 Å². The molecule has 18 heavy (non-hydrogen) atoms. The van der Waals surface area contributed by atoms with Gasteiger partial charge in [0.15, 0.2) is 0 Å². The zero-order valence-corrected chi connectivity index (χ0v) is 11.6.